The van der Waals surface area contributed by atoms with Gasteiger partial charge >= 0.3 is 0 Å². The third kappa shape index (κ3) is 2.55. The second-order valence-electron chi connectivity index (χ2n) is 4.68. The lowest BCUT2D eigenvalue weighted by Gasteiger charge is -2.15. The molecular formula is C15H16O3S. The smallest absolute Gasteiger partial charge is 0.282 e. The Balaban J connectivity index is 2.84. The van der Waals surface area contributed by atoms with Crippen molar-refractivity contribution in [2.45, 2.75) is 25.7 Å². The van der Waals surface area contributed by atoms with Gasteiger partial charge in [-0.25, -0.2) is 0 Å². The zero-order valence-electron chi connectivity index (χ0n) is 11.1. The van der Waals surface area contributed by atoms with E-state index in [9.17, 15) is 13.0 Å². The fraction of sp³-hybridized carbons (Fsp3) is 0.200. The van der Waals surface area contributed by atoms with E-state index in [2.05, 4.69) is 0 Å². The molecule has 2 rings (SSSR count). The molecule has 0 heterocycles. The number of benzene rings is 2. The zero-order chi connectivity index (χ0) is 14.2. The number of hydrogen-bond acceptors (Lipinski definition) is 2. The molecule has 0 aliphatic heterocycles. The highest BCUT2D eigenvalue weighted by Crippen LogP contribution is 2.33. The molecule has 19 heavy (non-hydrogen) atoms. The van der Waals surface area contributed by atoms with E-state index >= 15 is 0 Å². The molecule has 2 aromatic carbocycles. The average molecular weight is 276 g/mol. The first-order valence-electron chi connectivity index (χ1n) is 5.96. The van der Waals surface area contributed by atoms with Crippen LogP contribution >= 0.6 is 0 Å². The van der Waals surface area contributed by atoms with Crippen molar-refractivity contribution in [3.63, 3.8) is 0 Å². The Bertz CT molecular complexity index is 717. The molecule has 0 atom stereocenters. The molecule has 100 valence electrons. The minimum absolute atomic E-state index is 0.0111. The van der Waals surface area contributed by atoms with Crippen LogP contribution in [-0.4, -0.2) is 13.0 Å². The van der Waals surface area contributed by atoms with E-state index in [1.807, 2.05) is 37.3 Å². The quantitative estimate of drug-likeness (QED) is 0.854. The fourth-order valence-electron chi connectivity index (χ4n) is 2.61. The molecule has 4 heteroatoms. The Morgan fingerprint density at radius 3 is 2.05 bits per heavy atom. The maximum Gasteiger partial charge on any atom is 0.295 e. The van der Waals surface area contributed by atoms with E-state index in [0.29, 0.717) is 11.1 Å². The molecule has 0 radical (unpaired) electrons. The largest absolute Gasteiger partial charge is 0.295 e. The van der Waals surface area contributed by atoms with Crippen molar-refractivity contribution < 1.29 is 13.0 Å². The molecule has 0 saturated heterocycles. The lowest BCUT2D eigenvalue weighted by molar-refractivity contribution is 0.482. The average Bonchev–Trinajstić information content (AvgIpc) is 2.27. The van der Waals surface area contributed by atoms with E-state index in [1.165, 1.54) is 0 Å². The van der Waals surface area contributed by atoms with Crippen LogP contribution in [0.25, 0.3) is 11.1 Å². The molecule has 3 nitrogen and oxygen atoms in total. The third-order valence-electron chi connectivity index (χ3n) is 3.22. The lowest BCUT2D eigenvalue weighted by Crippen LogP contribution is -2.06. The van der Waals surface area contributed by atoms with Gasteiger partial charge in [0.1, 0.15) is 4.90 Å². The summed E-state index contributed by atoms with van der Waals surface area (Å²) in [5.74, 6) is 0. The van der Waals surface area contributed by atoms with Gasteiger partial charge in [-0.05, 0) is 48.6 Å². The van der Waals surface area contributed by atoms with Crippen molar-refractivity contribution in [1.29, 1.82) is 0 Å². The molecule has 0 aliphatic carbocycles. The van der Waals surface area contributed by atoms with E-state index in [0.717, 1.165) is 16.7 Å². The maximum absolute atomic E-state index is 11.5. The summed E-state index contributed by atoms with van der Waals surface area (Å²) in [6.45, 7) is 5.36. The molecular weight excluding hydrogens is 260 g/mol. The van der Waals surface area contributed by atoms with E-state index in [-0.39, 0.29) is 4.90 Å². The number of rotatable bonds is 2. The molecule has 0 amide bonds. The van der Waals surface area contributed by atoms with E-state index in [4.69, 9.17) is 0 Å². The second kappa shape index (κ2) is 4.79. The minimum atomic E-state index is -4.21. The van der Waals surface area contributed by atoms with Gasteiger partial charge in [0.25, 0.3) is 10.1 Å². The van der Waals surface area contributed by atoms with Crippen molar-refractivity contribution >= 4 is 10.1 Å². The van der Waals surface area contributed by atoms with Crippen molar-refractivity contribution in [1.82, 2.24) is 0 Å². The van der Waals surface area contributed by atoms with Crippen LogP contribution in [0.2, 0.25) is 0 Å². The van der Waals surface area contributed by atoms with Gasteiger partial charge in [0, 0.05) is 0 Å². The lowest BCUT2D eigenvalue weighted by atomic mass is 9.94. The van der Waals surface area contributed by atoms with Crippen LogP contribution in [0.4, 0.5) is 0 Å². The second-order valence-corrected chi connectivity index (χ2v) is 6.04. The molecule has 0 unspecified atom stereocenters. The first kappa shape index (κ1) is 13.8. The monoisotopic (exact) mass is 276 g/mol. The van der Waals surface area contributed by atoms with E-state index in [1.54, 1.807) is 19.9 Å². The summed E-state index contributed by atoms with van der Waals surface area (Å²) in [4.78, 5) is 0.0111. The van der Waals surface area contributed by atoms with E-state index < -0.39 is 10.1 Å². The maximum atomic E-state index is 11.5. The number of hydrogen-bond donors (Lipinski definition) is 1. The normalized spacial score (nSPS) is 11.6. The molecule has 0 bridgehead atoms. The predicted octanol–water partition coefficient (Wildman–Crippen LogP) is 3.53. The third-order valence-corrected chi connectivity index (χ3v) is 4.37. The van der Waals surface area contributed by atoms with Gasteiger partial charge in [-0.15, -0.1) is 0 Å². The Labute approximate surface area is 113 Å². The molecule has 0 aliphatic rings. The van der Waals surface area contributed by atoms with Crippen molar-refractivity contribution in [3.05, 3.63) is 53.1 Å². The first-order chi connectivity index (χ1) is 8.82. The Morgan fingerprint density at radius 1 is 0.947 bits per heavy atom. The van der Waals surface area contributed by atoms with Crippen LogP contribution < -0.4 is 0 Å². The molecule has 1 N–H and O–H groups in total. The Hall–Kier alpha value is -1.65. The highest BCUT2D eigenvalue weighted by molar-refractivity contribution is 7.86. The summed E-state index contributed by atoms with van der Waals surface area (Å²) in [5, 5.41) is 0. The highest BCUT2D eigenvalue weighted by Gasteiger charge is 2.20. The molecule has 0 spiro atoms. The van der Waals surface area contributed by atoms with Crippen molar-refractivity contribution in [3.8, 4) is 11.1 Å². The summed E-state index contributed by atoms with van der Waals surface area (Å²) in [6.07, 6.45) is 0. The molecule has 0 fully saturated rings. The summed E-state index contributed by atoms with van der Waals surface area (Å²) >= 11 is 0. The summed E-state index contributed by atoms with van der Waals surface area (Å²) in [7, 11) is -4.21. The summed E-state index contributed by atoms with van der Waals surface area (Å²) in [6, 6.07) is 11.4. The van der Waals surface area contributed by atoms with Crippen molar-refractivity contribution in [2.24, 2.45) is 0 Å². The Kier molecular flexibility index (Phi) is 3.47. The van der Waals surface area contributed by atoms with Crippen LogP contribution in [-0.2, 0) is 10.1 Å². The highest BCUT2D eigenvalue weighted by atomic mass is 32.2. The SMILES string of the molecule is Cc1cc(C)c(S(=O)(=O)O)c(C)c1-c1ccccc1. The van der Waals surface area contributed by atoms with Gasteiger partial charge in [-0.2, -0.15) is 8.42 Å². The fourth-order valence-corrected chi connectivity index (χ4v) is 3.57. The standard InChI is InChI=1S/C15H16O3S/c1-10-9-11(2)15(19(16,17)18)12(3)14(10)13-7-5-4-6-8-13/h4-9H,1-3H3,(H,16,17,18). The minimum Gasteiger partial charge on any atom is -0.282 e. The van der Waals surface area contributed by atoms with Gasteiger partial charge < -0.3 is 0 Å². The Morgan fingerprint density at radius 2 is 1.53 bits per heavy atom. The topological polar surface area (TPSA) is 54.4 Å². The van der Waals surface area contributed by atoms with Gasteiger partial charge in [-0.3, -0.25) is 4.55 Å². The van der Waals surface area contributed by atoms with Gasteiger partial charge in [0.05, 0.1) is 0 Å². The van der Waals surface area contributed by atoms with Gasteiger partial charge in [-0.1, -0.05) is 36.4 Å². The molecule has 0 saturated carbocycles. The summed E-state index contributed by atoms with van der Waals surface area (Å²) < 4.78 is 32.4. The first-order valence-corrected chi connectivity index (χ1v) is 7.40. The van der Waals surface area contributed by atoms with Gasteiger partial charge in [0.15, 0.2) is 0 Å². The molecule has 2 aromatic rings. The summed E-state index contributed by atoms with van der Waals surface area (Å²) in [5.41, 5.74) is 3.96. The molecule has 0 aromatic heterocycles. The number of aryl methyl sites for hydroxylation is 2. The van der Waals surface area contributed by atoms with Crippen LogP contribution in [0.15, 0.2) is 41.3 Å². The van der Waals surface area contributed by atoms with Crippen LogP contribution in [0.1, 0.15) is 16.7 Å². The van der Waals surface area contributed by atoms with Gasteiger partial charge in [0.2, 0.25) is 0 Å². The van der Waals surface area contributed by atoms with Crippen molar-refractivity contribution in [2.75, 3.05) is 0 Å². The zero-order valence-corrected chi connectivity index (χ0v) is 12.0. The predicted molar refractivity (Wildman–Crippen MR) is 75.9 cm³/mol. The van der Waals surface area contributed by atoms with Crippen LogP contribution in [0.3, 0.4) is 0 Å². The van der Waals surface area contributed by atoms with Crippen LogP contribution in [0.5, 0.6) is 0 Å². The van der Waals surface area contributed by atoms with Crippen LogP contribution in [0, 0.1) is 20.8 Å².